The standard InChI is InChI=1S/C17H27BN4O3/c1-12(23)19-11-14-7-6-8-22(14)15-20-9-13(10-21-15)18-24-16(2,3)17(4,5)25-18/h9-10,14H,6-8,11H2,1-5H3,(H,19,23). The van der Waals surface area contributed by atoms with Gasteiger partial charge in [-0.1, -0.05) is 0 Å². The minimum atomic E-state index is -0.451. The molecule has 3 heterocycles. The van der Waals surface area contributed by atoms with Gasteiger partial charge in [0.2, 0.25) is 11.9 Å². The van der Waals surface area contributed by atoms with E-state index in [1.54, 1.807) is 12.4 Å². The zero-order valence-electron chi connectivity index (χ0n) is 15.7. The lowest BCUT2D eigenvalue weighted by atomic mass is 9.81. The van der Waals surface area contributed by atoms with Crippen LogP contribution in [0.3, 0.4) is 0 Å². The van der Waals surface area contributed by atoms with Crippen molar-refractivity contribution in [1.29, 1.82) is 0 Å². The molecule has 1 aromatic rings. The Bertz CT molecular complexity index is 619. The molecule has 1 amide bonds. The van der Waals surface area contributed by atoms with Gasteiger partial charge in [0.15, 0.2) is 0 Å². The Hall–Kier alpha value is -1.67. The van der Waals surface area contributed by atoms with Crippen LogP contribution >= 0.6 is 0 Å². The monoisotopic (exact) mass is 346 g/mol. The van der Waals surface area contributed by atoms with Crippen molar-refractivity contribution in [3.63, 3.8) is 0 Å². The van der Waals surface area contributed by atoms with E-state index < -0.39 is 7.12 Å². The first kappa shape index (κ1) is 18.1. The van der Waals surface area contributed by atoms with Crippen LogP contribution in [-0.2, 0) is 14.1 Å². The molecule has 0 bridgehead atoms. The molecular formula is C17H27BN4O3. The quantitative estimate of drug-likeness (QED) is 0.816. The van der Waals surface area contributed by atoms with Crippen LogP contribution < -0.4 is 15.7 Å². The molecule has 0 radical (unpaired) electrons. The summed E-state index contributed by atoms with van der Waals surface area (Å²) >= 11 is 0. The number of hydrogen-bond donors (Lipinski definition) is 1. The van der Waals surface area contributed by atoms with Crippen LogP contribution in [-0.4, -0.2) is 53.3 Å². The molecule has 0 aromatic carbocycles. The highest BCUT2D eigenvalue weighted by atomic mass is 16.7. The molecule has 25 heavy (non-hydrogen) atoms. The maximum absolute atomic E-state index is 11.2. The van der Waals surface area contributed by atoms with E-state index in [0.29, 0.717) is 12.5 Å². The third kappa shape index (κ3) is 3.65. The number of anilines is 1. The number of amides is 1. The van der Waals surface area contributed by atoms with Crippen molar-refractivity contribution >= 4 is 24.4 Å². The van der Waals surface area contributed by atoms with E-state index in [-0.39, 0.29) is 23.2 Å². The van der Waals surface area contributed by atoms with E-state index in [4.69, 9.17) is 9.31 Å². The molecule has 2 saturated heterocycles. The van der Waals surface area contributed by atoms with Crippen molar-refractivity contribution in [1.82, 2.24) is 15.3 Å². The Morgan fingerprint density at radius 3 is 2.44 bits per heavy atom. The lowest BCUT2D eigenvalue weighted by Gasteiger charge is -2.32. The first-order valence-corrected chi connectivity index (χ1v) is 8.88. The van der Waals surface area contributed by atoms with Crippen molar-refractivity contribution in [3.8, 4) is 0 Å². The summed E-state index contributed by atoms with van der Waals surface area (Å²) in [4.78, 5) is 22.3. The molecule has 2 aliphatic heterocycles. The van der Waals surface area contributed by atoms with Crippen LogP contribution in [0.15, 0.2) is 12.4 Å². The second-order valence-electron chi connectivity index (χ2n) is 7.83. The molecular weight excluding hydrogens is 319 g/mol. The number of hydrogen-bond acceptors (Lipinski definition) is 6. The van der Waals surface area contributed by atoms with Crippen LogP contribution in [0, 0.1) is 0 Å². The van der Waals surface area contributed by atoms with Gasteiger partial charge in [-0.25, -0.2) is 9.97 Å². The Morgan fingerprint density at radius 2 is 1.88 bits per heavy atom. The van der Waals surface area contributed by atoms with Gasteiger partial charge in [-0.15, -0.1) is 0 Å². The first-order valence-electron chi connectivity index (χ1n) is 8.88. The number of aromatic nitrogens is 2. The normalized spacial score (nSPS) is 24.6. The predicted octanol–water partition coefficient (Wildman–Crippen LogP) is 0.881. The van der Waals surface area contributed by atoms with Gasteiger partial charge in [0.25, 0.3) is 0 Å². The summed E-state index contributed by atoms with van der Waals surface area (Å²) in [5.74, 6) is 0.678. The van der Waals surface area contributed by atoms with Crippen molar-refractivity contribution < 1.29 is 14.1 Å². The third-order valence-corrected chi connectivity index (χ3v) is 5.40. The van der Waals surface area contributed by atoms with Gasteiger partial charge in [0.1, 0.15) is 0 Å². The molecule has 0 aliphatic carbocycles. The minimum Gasteiger partial charge on any atom is -0.399 e. The average Bonchev–Trinajstić information content (AvgIpc) is 3.08. The lowest BCUT2D eigenvalue weighted by Crippen LogP contribution is -2.41. The highest BCUT2D eigenvalue weighted by Gasteiger charge is 2.52. The van der Waals surface area contributed by atoms with E-state index in [0.717, 1.165) is 24.8 Å². The summed E-state index contributed by atoms with van der Waals surface area (Å²) in [6, 6.07) is 0.242. The molecule has 3 rings (SSSR count). The number of carbonyl (C=O) groups excluding carboxylic acids is 1. The molecule has 136 valence electrons. The zero-order valence-corrected chi connectivity index (χ0v) is 15.7. The third-order valence-electron chi connectivity index (χ3n) is 5.40. The van der Waals surface area contributed by atoms with E-state index in [1.807, 2.05) is 27.7 Å². The van der Waals surface area contributed by atoms with Crippen molar-refractivity contribution in [2.75, 3.05) is 18.0 Å². The maximum atomic E-state index is 11.2. The van der Waals surface area contributed by atoms with Crippen LogP contribution in [0.5, 0.6) is 0 Å². The van der Waals surface area contributed by atoms with E-state index >= 15 is 0 Å². The van der Waals surface area contributed by atoms with Gasteiger partial charge in [0, 0.05) is 43.9 Å². The van der Waals surface area contributed by atoms with Gasteiger partial charge in [0.05, 0.1) is 11.2 Å². The van der Waals surface area contributed by atoms with Crippen molar-refractivity contribution in [3.05, 3.63) is 12.4 Å². The summed E-state index contributed by atoms with van der Waals surface area (Å²) in [6.07, 6.45) is 5.66. The van der Waals surface area contributed by atoms with Crippen molar-refractivity contribution in [2.45, 2.75) is 64.7 Å². The SMILES string of the molecule is CC(=O)NCC1CCCN1c1ncc(B2OC(C)(C)C(C)(C)O2)cn1. The lowest BCUT2D eigenvalue weighted by molar-refractivity contribution is -0.119. The molecule has 1 atom stereocenters. The fourth-order valence-electron chi connectivity index (χ4n) is 3.15. The number of nitrogens with zero attached hydrogens (tertiary/aromatic N) is 3. The molecule has 8 heteroatoms. The number of carbonyl (C=O) groups is 1. The summed E-state index contributed by atoms with van der Waals surface area (Å²) in [5, 5.41) is 2.89. The van der Waals surface area contributed by atoms with Crippen molar-refractivity contribution in [2.24, 2.45) is 0 Å². The second kappa shape index (κ2) is 6.57. The fourth-order valence-corrected chi connectivity index (χ4v) is 3.15. The van der Waals surface area contributed by atoms with Gasteiger partial charge in [-0.05, 0) is 40.5 Å². The van der Waals surface area contributed by atoms with Gasteiger partial charge >= 0.3 is 7.12 Å². The molecule has 2 aliphatic rings. The van der Waals surface area contributed by atoms with Crippen LogP contribution in [0.4, 0.5) is 5.95 Å². The zero-order chi connectivity index (χ0) is 18.2. The molecule has 0 spiro atoms. The summed E-state index contributed by atoms with van der Waals surface area (Å²) in [5.41, 5.74) is 0.0590. The summed E-state index contributed by atoms with van der Waals surface area (Å²) in [6.45, 7) is 11.2. The molecule has 1 aromatic heterocycles. The second-order valence-corrected chi connectivity index (χ2v) is 7.83. The first-order chi connectivity index (χ1) is 11.7. The highest BCUT2D eigenvalue weighted by molar-refractivity contribution is 6.61. The van der Waals surface area contributed by atoms with E-state index in [2.05, 4.69) is 20.2 Å². The Morgan fingerprint density at radius 1 is 1.28 bits per heavy atom. The van der Waals surface area contributed by atoms with E-state index in [9.17, 15) is 4.79 Å². The van der Waals surface area contributed by atoms with E-state index in [1.165, 1.54) is 6.92 Å². The molecule has 7 nitrogen and oxygen atoms in total. The largest absolute Gasteiger partial charge is 0.498 e. The molecule has 0 saturated carbocycles. The average molecular weight is 346 g/mol. The minimum absolute atomic E-state index is 0.0103. The van der Waals surface area contributed by atoms with Gasteiger partial charge < -0.3 is 19.5 Å². The molecule has 1 unspecified atom stereocenters. The Labute approximate surface area is 149 Å². The smallest absolute Gasteiger partial charge is 0.399 e. The van der Waals surface area contributed by atoms with Crippen LogP contribution in [0.2, 0.25) is 0 Å². The summed E-state index contributed by atoms with van der Waals surface area (Å²) in [7, 11) is -0.451. The van der Waals surface area contributed by atoms with Gasteiger partial charge in [-0.3, -0.25) is 4.79 Å². The fraction of sp³-hybridized carbons (Fsp3) is 0.706. The molecule has 2 fully saturated rings. The predicted molar refractivity (Wildman–Crippen MR) is 96.8 cm³/mol. The van der Waals surface area contributed by atoms with Crippen LogP contribution in [0.25, 0.3) is 0 Å². The number of rotatable bonds is 4. The maximum Gasteiger partial charge on any atom is 0.498 e. The summed E-state index contributed by atoms with van der Waals surface area (Å²) < 4.78 is 12.1. The Kier molecular flexibility index (Phi) is 4.77. The van der Waals surface area contributed by atoms with Gasteiger partial charge in [-0.2, -0.15) is 0 Å². The number of nitrogens with one attached hydrogen (secondary N) is 1. The highest BCUT2D eigenvalue weighted by Crippen LogP contribution is 2.36. The molecule has 1 N–H and O–H groups in total. The van der Waals surface area contributed by atoms with Crippen LogP contribution in [0.1, 0.15) is 47.5 Å². The topological polar surface area (TPSA) is 76.6 Å². The Balaban J connectivity index is 1.69.